The van der Waals surface area contributed by atoms with E-state index in [0.717, 1.165) is 18.4 Å². The lowest BCUT2D eigenvalue weighted by atomic mass is 9.90. The molecule has 0 spiro atoms. The van der Waals surface area contributed by atoms with Gasteiger partial charge in [0.05, 0.1) is 6.42 Å². The number of esters is 1. The van der Waals surface area contributed by atoms with Crippen molar-refractivity contribution in [1.29, 1.82) is 0 Å². The molecule has 1 aliphatic heterocycles. The first kappa shape index (κ1) is 17.6. The Hall–Kier alpha value is -2.82. The van der Waals surface area contributed by atoms with Gasteiger partial charge in [-0.15, -0.1) is 0 Å². The summed E-state index contributed by atoms with van der Waals surface area (Å²) in [6, 6.07) is 11.2. The van der Waals surface area contributed by atoms with Crippen LogP contribution in [-0.2, 0) is 28.8 Å². The molecule has 0 saturated carbocycles. The number of carbonyl (C=O) groups excluding carboxylic acids is 2. The highest BCUT2D eigenvalue weighted by Crippen LogP contribution is 2.30. The molecule has 0 saturated heterocycles. The van der Waals surface area contributed by atoms with Gasteiger partial charge in [0.2, 0.25) is 0 Å². The monoisotopic (exact) mass is 366 g/mol. The first-order valence-electron chi connectivity index (χ1n) is 9.38. The molecule has 27 heavy (non-hydrogen) atoms. The predicted molar refractivity (Wildman–Crippen MR) is 99.5 cm³/mol. The molecule has 0 radical (unpaired) electrons. The van der Waals surface area contributed by atoms with E-state index in [1.54, 1.807) is 18.2 Å². The summed E-state index contributed by atoms with van der Waals surface area (Å²) in [4.78, 5) is 24.4. The summed E-state index contributed by atoms with van der Waals surface area (Å²) in [5.74, 6) is 0.525. The van der Waals surface area contributed by atoms with Crippen molar-refractivity contribution >= 4 is 11.8 Å². The quantitative estimate of drug-likeness (QED) is 0.600. The third-order valence-corrected chi connectivity index (χ3v) is 4.99. The molecular formula is C22H22O5. The van der Waals surface area contributed by atoms with E-state index >= 15 is 0 Å². The van der Waals surface area contributed by atoms with E-state index in [4.69, 9.17) is 14.2 Å². The van der Waals surface area contributed by atoms with Gasteiger partial charge >= 0.3 is 5.97 Å². The number of fused-ring (bicyclic) bond motifs is 2. The number of carbonyl (C=O) groups is 2. The van der Waals surface area contributed by atoms with E-state index in [2.05, 4.69) is 12.1 Å². The second-order valence-electron chi connectivity index (χ2n) is 6.93. The van der Waals surface area contributed by atoms with Gasteiger partial charge in [-0.1, -0.05) is 18.2 Å². The molecule has 1 aliphatic carbocycles. The molecule has 0 unspecified atom stereocenters. The Kier molecular flexibility index (Phi) is 5.10. The van der Waals surface area contributed by atoms with Gasteiger partial charge in [0.1, 0.15) is 13.2 Å². The van der Waals surface area contributed by atoms with Gasteiger partial charge in [-0.25, -0.2) is 0 Å². The molecule has 2 aromatic carbocycles. The molecule has 5 heteroatoms. The van der Waals surface area contributed by atoms with Crippen LogP contribution in [0.1, 0.15) is 39.9 Å². The molecule has 0 aromatic heterocycles. The topological polar surface area (TPSA) is 61.8 Å². The Morgan fingerprint density at radius 2 is 1.67 bits per heavy atom. The second kappa shape index (κ2) is 7.82. The van der Waals surface area contributed by atoms with Crippen molar-refractivity contribution < 1.29 is 23.8 Å². The summed E-state index contributed by atoms with van der Waals surface area (Å²) < 4.78 is 16.1. The molecule has 140 valence electrons. The Balaban J connectivity index is 1.33. The lowest BCUT2D eigenvalue weighted by Crippen LogP contribution is -2.18. The summed E-state index contributed by atoms with van der Waals surface area (Å²) in [7, 11) is 0. The Bertz CT molecular complexity index is 871. The zero-order chi connectivity index (χ0) is 18.6. The highest BCUT2D eigenvalue weighted by molar-refractivity contribution is 5.98. The molecule has 0 bridgehead atoms. The number of benzene rings is 2. The SMILES string of the molecule is O=C(Cc1ccc2c(c1)CCCC2)OCC(=O)c1ccc2c(c1)OCCO2. The van der Waals surface area contributed by atoms with Crippen LogP contribution in [0.3, 0.4) is 0 Å². The summed E-state index contributed by atoms with van der Waals surface area (Å²) >= 11 is 0. The number of aryl methyl sites for hydroxylation is 2. The van der Waals surface area contributed by atoms with Crippen LogP contribution in [0.5, 0.6) is 11.5 Å². The van der Waals surface area contributed by atoms with Gasteiger partial charge < -0.3 is 14.2 Å². The number of ketones is 1. The lowest BCUT2D eigenvalue weighted by Gasteiger charge is -2.18. The molecule has 0 amide bonds. The average Bonchev–Trinajstić information content (AvgIpc) is 2.71. The van der Waals surface area contributed by atoms with Gasteiger partial charge in [-0.2, -0.15) is 0 Å². The third kappa shape index (κ3) is 4.13. The highest BCUT2D eigenvalue weighted by Gasteiger charge is 2.17. The Morgan fingerprint density at radius 1 is 0.889 bits per heavy atom. The largest absolute Gasteiger partial charge is 0.486 e. The summed E-state index contributed by atoms with van der Waals surface area (Å²) in [5, 5.41) is 0. The highest BCUT2D eigenvalue weighted by atomic mass is 16.6. The van der Waals surface area contributed by atoms with Crippen molar-refractivity contribution in [3.8, 4) is 11.5 Å². The van der Waals surface area contributed by atoms with Crippen LogP contribution in [0.4, 0.5) is 0 Å². The number of ether oxygens (including phenoxy) is 3. The van der Waals surface area contributed by atoms with E-state index in [9.17, 15) is 9.59 Å². The molecule has 2 aliphatic rings. The molecule has 0 atom stereocenters. The molecule has 0 fully saturated rings. The number of Topliss-reactive ketones (excluding diaryl/α,β-unsaturated/α-hetero) is 1. The minimum absolute atomic E-state index is 0.182. The van der Waals surface area contributed by atoms with Gasteiger partial charge in [-0.3, -0.25) is 9.59 Å². The number of rotatable bonds is 5. The maximum atomic E-state index is 12.3. The Morgan fingerprint density at radius 3 is 2.52 bits per heavy atom. The third-order valence-electron chi connectivity index (χ3n) is 4.99. The maximum absolute atomic E-state index is 12.3. The number of hydrogen-bond acceptors (Lipinski definition) is 5. The van der Waals surface area contributed by atoms with Gasteiger partial charge in [0.15, 0.2) is 23.9 Å². The van der Waals surface area contributed by atoms with Crippen molar-refractivity contribution in [2.45, 2.75) is 32.1 Å². The molecule has 1 heterocycles. The first-order valence-corrected chi connectivity index (χ1v) is 9.38. The zero-order valence-corrected chi connectivity index (χ0v) is 15.2. The molecular weight excluding hydrogens is 344 g/mol. The van der Waals surface area contributed by atoms with E-state index in [0.29, 0.717) is 30.3 Å². The molecule has 5 nitrogen and oxygen atoms in total. The normalized spacial score (nSPS) is 15.0. The molecule has 2 aromatic rings. The van der Waals surface area contributed by atoms with Crippen LogP contribution in [-0.4, -0.2) is 31.6 Å². The molecule has 0 N–H and O–H groups in total. The van der Waals surface area contributed by atoms with Crippen molar-refractivity contribution in [2.75, 3.05) is 19.8 Å². The fourth-order valence-electron chi connectivity index (χ4n) is 3.56. The van der Waals surface area contributed by atoms with Crippen molar-refractivity contribution in [3.05, 3.63) is 58.7 Å². The van der Waals surface area contributed by atoms with Crippen molar-refractivity contribution in [1.82, 2.24) is 0 Å². The van der Waals surface area contributed by atoms with E-state index in [1.165, 1.54) is 24.0 Å². The summed E-state index contributed by atoms with van der Waals surface area (Å²) in [5.41, 5.74) is 4.10. The van der Waals surface area contributed by atoms with E-state index in [1.807, 2.05) is 6.07 Å². The average molecular weight is 366 g/mol. The standard InChI is InChI=1S/C22H22O5/c23-19(18-7-8-20-21(13-18)26-10-9-25-20)14-27-22(24)12-15-5-6-16-3-1-2-4-17(16)11-15/h5-8,11,13H,1-4,9-10,12,14H2. The maximum Gasteiger partial charge on any atom is 0.310 e. The smallest absolute Gasteiger partial charge is 0.310 e. The van der Waals surface area contributed by atoms with Crippen molar-refractivity contribution in [2.24, 2.45) is 0 Å². The van der Waals surface area contributed by atoms with E-state index < -0.39 is 5.97 Å². The summed E-state index contributed by atoms with van der Waals surface area (Å²) in [6.07, 6.45) is 4.80. The lowest BCUT2D eigenvalue weighted by molar-refractivity contribution is -0.141. The minimum atomic E-state index is -0.392. The molecule has 4 rings (SSSR count). The minimum Gasteiger partial charge on any atom is -0.486 e. The van der Waals surface area contributed by atoms with Crippen LogP contribution >= 0.6 is 0 Å². The zero-order valence-electron chi connectivity index (χ0n) is 15.2. The second-order valence-corrected chi connectivity index (χ2v) is 6.93. The van der Waals surface area contributed by atoms with Gasteiger partial charge in [-0.05, 0) is 60.6 Å². The van der Waals surface area contributed by atoms with Gasteiger partial charge in [0, 0.05) is 5.56 Å². The van der Waals surface area contributed by atoms with Crippen LogP contribution < -0.4 is 9.47 Å². The predicted octanol–water partition coefficient (Wildman–Crippen LogP) is 3.31. The first-order chi connectivity index (χ1) is 13.2. The van der Waals surface area contributed by atoms with Crippen LogP contribution in [0.25, 0.3) is 0 Å². The van der Waals surface area contributed by atoms with Crippen LogP contribution in [0, 0.1) is 0 Å². The van der Waals surface area contributed by atoms with Crippen LogP contribution in [0.15, 0.2) is 36.4 Å². The van der Waals surface area contributed by atoms with Crippen LogP contribution in [0.2, 0.25) is 0 Å². The van der Waals surface area contributed by atoms with E-state index in [-0.39, 0.29) is 18.8 Å². The van der Waals surface area contributed by atoms with Gasteiger partial charge in [0.25, 0.3) is 0 Å². The van der Waals surface area contributed by atoms with Crippen molar-refractivity contribution in [3.63, 3.8) is 0 Å². The number of hydrogen-bond donors (Lipinski definition) is 0. The fourth-order valence-corrected chi connectivity index (χ4v) is 3.56. The fraction of sp³-hybridized carbons (Fsp3) is 0.364. The Labute approximate surface area is 158 Å². The summed E-state index contributed by atoms with van der Waals surface area (Å²) in [6.45, 7) is 0.685.